The molecule has 0 spiro atoms. The van der Waals surface area contributed by atoms with Crippen LogP contribution in [-0.2, 0) is 38.8 Å². The van der Waals surface area contributed by atoms with Crippen molar-refractivity contribution in [1.29, 1.82) is 0 Å². The van der Waals surface area contributed by atoms with E-state index in [2.05, 4.69) is 35.0 Å². The number of amides is 3. The number of nitrogens with one attached hydrogen (secondary N) is 3. The Morgan fingerprint density at radius 3 is 2.36 bits per heavy atom. The van der Waals surface area contributed by atoms with Crippen LogP contribution in [0.4, 0.5) is 9.59 Å². The quantitative estimate of drug-likeness (QED) is 0.219. The van der Waals surface area contributed by atoms with Crippen LogP contribution in [-0.4, -0.2) is 64.3 Å². The van der Waals surface area contributed by atoms with Crippen molar-refractivity contribution < 1.29 is 33.8 Å². The summed E-state index contributed by atoms with van der Waals surface area (Å²) in [6.07, 6.45) is 3.94. The molecular weight excluding hydrogens is 600 g/mol. The first kappa shape index (κ1) is 34.2. The van der Waals surface area contributed by atoms with Gasteiger partial charge in [0.25, 0.3) is 0 Å². The predicted molar refractivity (Wildman–Crippen MR) is 175 cm³/mol. The lowest BCUT2D eigenvalue weighted by molar-refractivity contribution is -0.140. The summed E-state index contributed by atoms with van der Waals surface area (Å²) in [7, 11) is 0. The van der Waals surface area contributed by atoms with Gasteiger partial charge in [-0.1, -0.05) is 61.5 Å². The highest BCUT2D eigenvalue weighted by Crippen LogP contribution is 2.50. The normalized spacial score (nSPS) is 25.3. The van der Waals surface area contributed by atoms with Crippen molar-refractivity contribution in [2.24, 2.45) is 11.8 Å². The van der Waals surface area contributed by atoms with Gasteiger partial charge in [0.05, 0.1) is 6.54 Å². The zero-order chi connectivity index (χ0) is 33.4. The molecule has 1 aliphatic heterocycles. The van der Waals surface area contributed by atoms with Gasteiger partial charge in [-0.3, -0.25) is 4.79 Å². The number of nitrogens with zero attached hydrogens (tertiary/aromatic N) is 1. The molecule has 3 amide bonds. The van der Waals surface area contributed by atoms with E-state index in [0.29, 0.717) is 57.2 Å². The maximum Gasteiger partial charge on any atom is 0.408 e. The lowest BCUT2D eigenvalue weighted by Gasteiger charge is -2.54. The first-order chi connectivity index (χ1) is 22.5. The van der Waals surface area contributed by atoms with E-state index < -0.39 is 29.8 Å². The number of unbranched alkanes of at least 4 members (excludes halogenated alkanes) is 1. The molecule has 0 aromatic heterocycles. The highest BCUT2D eigenvalue weighted by molar-refractivity contribution is 5.80. The standard InChI is InChI=1S/C36H48N4O7/c1-25-16-27-18-35(2,24-36(17-25,19-27)38-20-31(41)40-21-28-12-6-7-13-29(28)22-40)47-34(45)39-30(32(42)43)14-8-9-15-37-33(44)46-23-26-10-4-3-5-11-26/h3-7,10-13,25,27,30,38H,8-9,14-24H2,1-2H3,(H,37,44)(H,39,45)(H,42,43). The van der Waals surface area contributed by atoms with Gasteiger partial charge < -0.3 is 35.4 Å². The zero-order valence-electron chi connectivity index (χ0n) is 27.5. The maximum absolute atomic E-state index is 13.2. The highest BCUT2D eigenvalue weighted by Gasteiger charge is 2.51. The Balaban J connectivity index is 1.07. The highest BCUT2D eigenvalue weighted by atomic mass is 16.6. The Morgan fingerprint density at radius 2 is 1.66 bits per heavy atom. The molecule has 3 aliphatic rings. The van der Waals surface area contributed by atoms with E-state index in [0.717, 1.165) is 24.8 Å². The molecule has 1 heterocycles. The van der Waals surface area contributed by atoms with Crippen molar-refractivity contribution in [3.63, 3.8) is 0 Å². The molecule has 254 valence electrons. The third-order valence-corrected chi connectivity index (χ3v) is 9.73. The first-order valence-corrected chi connectivity index (χ1v) is 16.8. The Labute approximate surface area is 276 Å². The maximum atomic E-state index is 13.2. The van der Waals surface area contributed by atoms with Crippen LogP contribution in [0.3, 0.4) is 0 Å². The Morgan fingerprint density at radius 1 is 0.957 bits per heavy atom. The average molecular weight is 649 g/mol. The predicted octanol–water partition coefficient (Wildman–Crippen LogP) is 5.12. The largest absolute Gasteiger partial charge is 0.480 e. The number of benzene rings is 2. The molecule has 0 saturated heterocycles. The van der Waals surface area contributed by atoms with Gasteiger partial charge in [-0.05, 0) is 80.4 Å². The number of ether oxygens (including phenoxy) is 2. The van der Waals surface area contributed by atoms with Gasteiger partial charge in [0.1, 0.15) is 18.2 Å². The Kier molecular flexibility index (Phi) is 11.1. The fourth-order valence-electron chi connectivity index (χ4n) is 8.00. The van der Waals surface area contributed by atoms with E-state index in [1.54, 1.807) is 0 Å². The Hall–Kier alpha value is -4.12. The summed E-state index contributed by atoms with van der Waals surface area (Å²) in [5.74, 6) is -0.286. The van der Waals surface area contributed by atoms with Crippen molar-refractivity contribution in [3.8, 4) is 0 Å². The zero-order valence-corrected chi connectivity index (χ0v) is 27.5. The van der Waals surface area contributed by atoms with Crippen LogP contribution in [0.15, 0.2) is 54.6 Å². The molecule has 11 heteroatoms. The summed E-state index contributed by atoms with van der Waals surface area (Å²) in [4.78, 5) is 52.1. The molecule has 11 nitrogen and oxygen atoms in total. The summed E-state index contributed by atoms with van der Waals surface area (Å²) < 4.78 is 11.2. The summed E-state index contributed by atoms with van der Waals surface area (Å²) in [6.45, 7) is 6.10. The molecule has 5 rings (SSSR count). The molecule has 2 aliphatic carbocycles. The average Bonchev–Trinajstić information content (AvgIpc) is 3.46. The molecule has 5 unspecified atom stereocenters. The van der Waals surface area contributed by atoms with Gasteiger partial charge >= 0.3 is 18.2 Å². The molecule has 0 radical (unpaired) electrons. The third kappa shape index (κ3) is 9.47. The summed E-state index contributed by atoms with van der Waals surface area (Å²) >= 11 is 0. The second-order valence-electron chi connectivity index (χ2n) is 14.0. The molecule has 2 saturated carbocycles. The summed E-state index contributed by atoms with van der Waals surface area (Å²) in [6, 6.07) is 16.4. The number of carbonyl (C=O) groups excluding carboxylic acids is 3. The molecular formula is C36H48N4O7. The monoisotopic (exact) mass is 648 g/mol. The summed E-state index contributed by atoms with van der Waals surface area (Å²) in [5, 5.41) is 18.6. The van der Waals surface area contributed by atoms with Crippen LogP contribution in [0.25, 0.3) is 0 Å². The van der Waals surface area contributed by atoms with E-state index in [9.17, 15) is 24.3 Å². The van der Waals surface area contributed by atoms with E-state index in [-0.39, 0.29) is 31.0 Å². The minimum atomic E-state index is -1.14. The smallest absolute Gasteiger partial charge is 0.408 e. The number of carboxylic acid groups (broad SMARTS) is 1. The van der Waals surface area contributed by atoms with Gasteiger partial charge in [-0.25, -0.2) is 14.4 Å². The third-order valence-electron chi connectivity index (χ3n) is 9.73. The first-order valence-electron chi connectivity index (χ1n) is 16.8. The number of hydrogen-bond acceptors (Lipinski definition) is 7. The molecule has 5 atom stereocenters. The molecule has 2 aromatic carbocycles. The number of rotatable bonds is 13. The van der Waals surface area contributed by atoms with Crippen LogP contribution in [0, 0.1) is 11.8 Å². The summed E-state index contributed by atoms with van der Waals surface area (Å²) in [5.41, 5.74) is 2.10. The van der Waals surface area contributed by atoms with Gasteiger partial charge in [0.15, 0.2) is 0 Å². The van der Waals surface area contributed by atoms with Crippen molar-refractivity contribution in [2.45, 2.75) is 102 Å². The molecule has 47 heavy (non-hydrogen) atoms. The number of aliphatic carboxylic acids is 1. The second kappa shape index (κ2) is 15.2. The SMILES string of the molecule is CC1CC2CC(NCC(=O)N3Cc4ccccc4C3)(C1)CC(C)(OC(=O)NC(CCCCNC(=O)OCc1ccccc1)C(=O)O)C2. The van der Waals surface area contributed by atoms with Crippen LogP contribution >= 0.6 is 0 Å². The molecule has 2 fully saturated rings. The van der Waals surface area contributed by atoms with E-state index in [4.69, 9.17) is 9.47 Å². The second-order valence-corrected chi connectivity index (χ2v) is 14.0. The number of hydrogen-bond donors (Lipinski definition) is 4. The lowest BCUT2D eigenvalue weighted by atomic mass is 9.59. The van der Waals surface area contributed by atoms with Gasteiger partial charge in [-0.2, -0.15) is 0 Å². The van der Waals surface area contributed by atoms with E-state index >= 15 is 0 Å². The lowest BCUT2D eigenvalue weighted by Crippen LogP contribution is -2.61. The van der Waals surface area contributed by atoms with Crippen LogP contribution in [0.1, 0.15) is 81.9 Å². The van der Waals surface area contributed by atoms with Crippen LogP contribution < -0.4 is 16.0 Å². The number of alkyl carbamates (subject to hydrolysis) is 2. The number of carboxylic acids is 1. The number of fused-ring (bicyclic) bond motifs is 3. The van der Waals surface area contributed by atoms with Gasteiger partial charge in [0.2, 0.25) is 5.91 Å². The van der Waals surface area contributed by atoms with Gasteiger partial charge in [0, 0.05) is 31.6 Å². The van der Waals surface area contributed by atoms with Crippen molar-refractivity contribution in [2.75, 3.05) is 13.1 Å². The minimum absolute atomic E-state index is 0.0554. The van der Waals surface area contributed by atoms with Crippen LogP contribution in [0.2, 0.25) is 0 Å². The van der Waals surface area contributed by atoms with Gasteiger partial charge in [-0.15, -0.1) is 0 Å². The minimum Gasteiger partial charge on any atom is -0.480 e. The van der Waals surface area contributed by atoms with Crippen molar-refractivity contribution >= 4 is 24.1 Å². The van der Waals surface area contributed by atoms with E-state index in [1.807, 2.05) is 54.3 Å². The van der Waals surface area contributed by atoms with Crippen LogP contribution in [0.5, 0.6) is 0 Å². The fourth-order valence-corrected chi connectivity index (χ4v) is 8.00. The Bertz CT molecular complexity index is 1390. The van der Waals surface area contributed by atoms with Crippen molar-refractivity contribution in [3.05, 3.63) is 71.3 Å². The number of carbonyl (C=O) groups is 4. The molecule has 2 aromatic rings. The topological polar surface area (TPSA) is 146 Å². The molecule has 2 bridgehead atoms. The van der Waals surface area contributed by atoms with Crippen molar-refractivity contribution in [1.82, 2.24) is 20.9 Å². The van der Waals surface area contributed by atoms with E-state index in [1.165, 1.54) is 11.1 Å². The fraction of sp³-hybridized carbons (Fsp3) is 0.556. The molecule has 4 N–H and O–H groups in total.